The Morgan fingerprint density at radius 2 is 2.31 bits per heavy atom. The summed E-state index contributed by atoms with van der Waals surface area (Å²) in [5, 5.41) is 3.29. The van der Waals surface area contributed by atoms with E-state index in [0.29, 0.717) is 19.6 Å². The second kappa shape index (κ2) is 4.15. The zero-order valence-electron chi connectivity index (χ0n) is 9.42. The Bertz CT molecular complexity index is 468. The highest BCUT2D eigenvalue weighted by Crippen LogP contribution is 2.16. The molecule has 6 nitrogen and oxygen atoms in total. The van der Waals surface area contributed by atoms with Gasteiger partial charge in [0.05, 0.1) is 6.33 Å². The number of hydrogen-bond acceptors (Lipinski definition) is 4. The molecule has 90 valence electrons. The monoisotopic (exact) mass is 244 g/mol. The van der Waals surface area contributed by atoms with Gasteiger partial charge in [-0.25, -0.2) is 13.4 Å². The summed E-state index contributed by atoms with van der Waals surface area (Å²) < 4.78 is 27.6. The average molecular weight is 244 g/mol. The fraction of sp³-hybridized carbons (Fsp3) is 0.667. The molecule has 1 aromatic rings. The van der Waals surface area contributed by atoms with Crippen LogP contribution < -0.4 is 5.32 Å². The topological polar surface area (TPSA) is 67.2 Å². The summed E-state index contributed by atoms with van der Waals surface area (Å²) in [7, 11) is -1.67. The molecule has 1 saturated heterocycles. The second-order valence-corrected chi connectivity index (χ2v) is 5.88. The third kappa shape index (κ3) is 1.98. The van der Waals surface area contributed by atoms with Gasteiger partial charge in [-0.2, -0.15) is 4.31 Å². The Hall–Kier alpha value is -0.920. The summed E-state index contributed by atoms with van der Waals surface area (Å²) in [5.74, 6) is 0. The molecule has 2 rings (SSSR count). The molecule has 0 amide bonds. The van der Waals surface area contributed by atoms with E-state index in [2.05, 4.69) is 10.3 Å². The zero-order valence-corrected chi connectivity index (χ0v) is 10.2. The summed E-state index contributed by atoms with van der Waals surface area (Å²) in [6, 6.07) is -0.0271. The minimum atomic E-state index is -3.43. The second-order valence-electron chi connectivity index (χ2n) is 4.05. The average Bonchev–Trinajstić information content (AvgIpc) is 2.66. The van der Waals surface area contributed by atoms with Gasteiger partial charge in [0.1, 0.15) is 0 Å². The first-order valence-electron chi connectivity index (χ1n) is 5.22. The standard InChI is InChI=1S/C9H16N4O2S/c1-8-5-10-3-4-13(8)16(14,15)9-6-12(2)7-11-9/h6-8,10H,3-5H2,1-2H3. The van der Waals surface area contributed by atoms with Crippen LogP contribution in [0.2, 0.25) is 0 Å². The molecular weight excluding hydrogens is 228 g/mol. The molecule has 0 saturated carbocycles. The molecule has 7 heteroatoms. The molecule has 1 aliphatic rings. The van der Waals surface area contributed by atoms with E-state index in [1.165, 1.54) is 16.8 Å². The van der Waals surface area contributed by atoms with Crippen LogP contribution >= 0.6 is 0 Å². The Kier molecular flexibility index (Phi) is 3.00. The number of nitrogens with zero attached hydrogens (tertiary/aromatic N) is 3. The Balaban J connectivity index is 2.31. The molecule has 0 aromatic carbocycles. The van der Waals surface area contributed by atoms with Crippen molar-refractivity contribution >= 4 is 10.0 Å². The van der Waals surface area contributed by atoms with Crippen molar-refractivity contribution < 1.29 is 8.42 Å². The van der Waals surface area contributed by atoms with Crippen LogP contribution in [0.3, 0.4) is 0 Å². The molecule has 0 radical (unpaired) electrons. The first kappa shape index (κ1) is 11.6. The van der Waals surface area contributed by atoms with Crippen LogP contribution in [0.5, 0.6) is 0 Å². The highest BCUT2D eigenvalue weighted by atomic mass is 32.2. The maximum Gasteiger partial charge on any atom is 0.262 e. The highest BCUT2D eigenvalue weighted by molar-refractivity contribution is 7.89. The molecule has 0 aliphatic carbocycles. The first-order valence-corrected chi connectivity index (χ1v) is 6.66. The lowest BCUT2D eigenvalue weighted by Crippen LogP contribution is -2.52. The van der Waals surface area contributed by atoms with Crippen LogP contribution in [0, 0.1) is 0 Å². The van der Waals surface area contributed by atoms with Gasteiger partial charge < -0.3 is 9.88 Å². The predicted molar refractivity (Wildman–Crippen MR) is 59.4 cm³/mol. The van der Waals surface area contributed by atoms with E-state index in [1.54, 1.807) is 11.6 Å². The molecule has 0 bridgehead atoms. The van der Waals surface area contributed by atoms with Gasteiger partial charge in [0, 0.05) is 38.9 Å². The van der Waals surface area contributed by atoms with Crippen molar-refractivity contribution in [3.8, 4) is 0 Å². The van der Waals surface area contributed by atoms with E-state index in [1.807, 2.05) is 6.92 Å². The maximum absolute atomic E-state index is 12.2. The molecule has 1 aromatic heterocycles. The molecule has 1 N–H and O–H groups in total. The summed E-state index contributed by atoms with van der Waals surface area (Å²) in [6.45, 7) is 3.77. The lowest BCUT2D eigenvalue weighted by atomic mass is 10.3. The van der Waals surface area contributed by atoms with Crippen LogP contribution in [-0.4, -0.2) is 48.0 Å². The van der Waals surface area contributed by atoms with Crippen molar-refractivity contribution in [2.75, 3.05) is 19.6 Å². The molecule has 2 heterocycles. The van der Waals surface area contributed by atoms with Crippen molar-refractivity contribution in [1.29, 1.82) is 0 Å². The number of aryl methyl sites for hydroxylation is 1. The maximum atomic E-state index is 12.2. The Labute approximate surface area is 95.3 Å². The molecule has 1 unspecified atom stereocenters. The van der Waals surface area contributed by atoms with Gasteiger partial charge in [0.2, 0.25) is 0 Å². The van der Waals surface area contributed by atoms with Crippen molar-refractivity contribution in [3.63, 3.8) is 0 Å². The minimum Gasteiger partial charge on any atom is -0.339 e. The first-order chi connectivity index (χ1) is 7.51. The molecule has 16 heavy (non-hydrogen) atoms. The van der Waals surface area contributed by atoms with Crippen molar-refractivity contribution in [2.24, 2.45) is 7.05 Å². The number of rotatable bonds is 2. The smallest absolute Gasteiger partial charge is 0.262 e. The van der Waals surface area contributed by atoms with Gasteiger partial charge in [-0.3, -0.25) is 0 Å². The lowest BCUT2D eigenvalue weighted by Gasteiger charge is -2.32. The van der Waals surface area contributed by atoms with Crippen molar-refractivity contribution in [3.05, 3.63) is 12.5 Å². The number of aromatic nitrogens is 2. The van der Waals surface area contributed by atoms with Crippen molar-refractivity contribution in [1.82, 2.24) is 19.2 Å². The molecular formula is C9H16N4O2S. The van der Waals surface area contributed by atoms with Crippen LogP contribution in [0.1, 0.15) is 6.92 Å². The van der Waals surface area contributed by atoms with Gasteiger partial charge in [0.25, 0.3) is 10.0 Å². The van der Waals surface area contributed by atoms with Crippen LogP contribution in [0.15, 0.2) is 17.6 Å². The van der Waals surface area contributed by atoms with E-state index < -0.39 is 10.0 Å². The van der Waals surface area contributed by atoms with E-state index in [4.69, 9.17) is 0 Å². The highest BCUT2D eigenvalue weighted by Gasteiger charge is 2.32. The van der Waals surface area contributed by atoms with E-state index in [0.717, 1.165) is 0 Å². The fourth-order valence-electron chi connectivity index (χ4n) is 1.82. The van der Waals surface area contributed by atoms with Gasteiger partial charge >= 0.3 is 0 Å². The van der Waals surface area contributed by atoms with E-state index in [-0.39, 0.29) is 11.1 Å². The summed E-state index contributed by atoms with van der Waals surface area (Å²) in [6.07, 6.45) is 3.03. The Morgan fingerprint density at radius 1 is 1.56 bits per heavy atom. The number of imidazole rings is 1. The number of piperazine rings is 1. The van der Waals surface area contributed by atoms with Crippen LogP contribution in [-0.2, 0) is 17.1 Å². The van der Waals surface area contributed by atoms with Gasteiger partial charge in [-0.05, 0) is 6.92 Å². The third-order valence-corrected chi connectivity index (χ3v) is 4.59. The Morgan fingerprint density at radius 3 is 2.88 bits per heavy atom. The van der Waals surface area contributed by atoms with Gasteiger partial charge in [-0.15, -0.1) is 0 Å². The SMILES string of the molecule is CC1CNCCN1S(=O)(=O)c1cn(C)cn1. The van der Waals surface area contributed by atoms with Gasteiger partial charge in [0.15, 0.2) is 5.03 Å². The summed E-state index contributed by atoms with van der Waals surface area (Å²) in [5.41, 5.74) is 0. The van der Waals surface area contributed by atoms with Crippen molar-refractivity contribution in [2.45, 2.75) is 18.0 Å². The lowest BCUT2D eigenvalue weighted by molar-refractivity contribution is 0.283. The normalized spacial score (nSPS) is 23.5. The molecule has 1 aliphatic heterocycles. The van der Waals surface area contributed by atoms with E-state index >= 15 is 0 Å². The van der Waals surface area contributed by atoms with Crippen LogP contribution in [0.4, 0.5) is 0 Å². The summed E-state index contributed by atoms with van der Waals surface area (Å²) >= 11 is 0. The third-order valence-electron chi connectivity index (χ3n) is 2.69. The molecule has 1 atom stereocenters. The van der Waals surface area contributed by atoms with E-state index in [9.17, 15) is 8.42 Å². The largest absolute Gasteiger partial charge is 0.339 e. The predicted octanol–water partition coefficient (Wildman–Crippen LogP) is -0.597. The molecule has 1 fully saturated rings. The quantitative estimate of drug-likeness (QED) is 0.754. The fourth-order valence-corrected chi connectivity index (χ4v) is 3.42. The number of sulfonamides is 1. The summed E-state index contributed by atoms with van der Waals surface area (Å²) in [4.78, 5) is 3.91. The van der Waals surface area contributed by atoms with Crippen LogP contribution in [0.25, 0.3) is 0 Å². The van der Waals surface area contributed by atoms with Gasteiger partial charge in [-0.1, -0.05) is 0 Å². The number of nitrogens with one attached hydrogen (secondary N) is 1. The zero-order chi connectivity index (χ0) is 11.8. The molecule has 0 spiro atoms. The minimum absolute atomic E-state index is 0.0271. The number of hydrogen-bond donors (Lipinski definition) is 1.